The molecule has 0 saturated carbocycles. The molecule has 1 aliphatic rings. The number of hydrogen-bond acceptors (Lipinski definition) is 4. The fourth-order valence-electron chi connectivity index (χ4n) is 1.41. The molecule has 0 unspecified atom stereocenters. The molecular formula is C12H13N3OS. The van der Waals surface area contributed by atoms with Crippen LogP contribution in [-0.2, 0) is 4.79 Å². The molecule has 0 aliphatic carbocycles. The van der Waals surface area contributed by atoms with Gasteiger partial charge in [0.25, 0.3) is 0 Å². The van der Waals surface area contributed by atoms with Gasteiger partial charge in [-0.15, -0.1) is 5.10 Å². The quantitative estimate of drug-likeness (QED) is 0.595. The van der Waals surface area contributed by atoms with Gasteiger partial charge in [-0.25, -0.2) is 0 Å². The van der Waals surface area contributed by atoms with Crippen LogP contribution in [0.5, 0.6) is 0 Å². The van der Waals surface area contributed by atoms with Crippen LogP contribution in [0.4, 0.5) is 5.69 Å². The number of anilines is 1. The van der Waals surface area contributed by atoms with Crippen molar-refractivity contribution in [3.8, 4) is 0 Å². The molecule has 0 radical (unpaired) electrons. The molecule has 1 amide bonds. The maximum absolute atomic E-state index is 11.8. The predicted octanol–water partition coefficient (Wildman–Crippen LogP) is 2.52. The average molecular weight is 247 g/mol. The molecular weight excluding hydrogens is 234 g/mol. The van der Waals surface area contributed by atoms with Crippen molar-refractivity contribution >= 4 is 34.2 Å². The molecule has 1 heterocycles. The summed E-state index contributed by atoms with van der Waals surface area (Å²) in [6.45, 7) is 3.75. The highest BCUT2D eigenvalue weighted by Gasteiger charge is 2.29. The highest BCUT2D eigenvalue weighted by Crippen LogP contribution is 2.26. The Morgan fingerprint density at radius 1 is 1.29 bits per heavy atom. The highest BCUT2D eigenvalue weighted by atomic mass is 32.2. The first-order valence-electron chi connectivity index (χ1n) is 5.28. The van der Waals surface area contributed by atoms with E-state index in [4.69, 9.17) is 0 Å². The summed E-state index contributed by atoms with van der Waals surface area (Å²) in [6, 6.07) is 9.50. The number of thioether (sulfide) groups is 1. The zero-order valence-corrected chi connectivity index (χ0v) is 10.6. The molecule has 1 aliphatic heterocycles. The smallest absolute Gasteiger partial charge is 0.243 e. The van der Waals surface area contributed by atoms with E-state index in [9.17, 15) is 4.79 Å². The molecule has 0 atom stereocenters. The van der Waals surface area contributed by atoms with Gasteiger partial charge in [0.1, 0.15) is 0 Å². The van der Waals surface area contributed by atoms with Crippen molar-refractivity contribution < 1.29 is 4.79 Å². The number of amides is 1. The summed E-state index contributed by atoms with van der Waals surface area (Å²) >= 11 is 1.41. The van der Waals surface area contributed by atoms with E-state index < -0.39 is 0 Å². The summed E-state index contributed by atoms with van der Waals surface area (Å²) in [5.74, 6) is 0.468. The van der Waals surface area contributed by atoms with Crippen LogP contribution in [0.2, 0.25) is 0 Å². The summed E-state index contributed by atoms with van der Waals surface area (Å²) in [7, 11) is 0. The molecule has 1 fully saturated rings. The lowest BCUT2D eigenvalue weighted by molar-refractivity contribution is -0.115. The van der Waals surface area contributed by atoms with Crippen LogP contribution >= 0.6 is 11.8 Å². The van der Waals surface area contributed by atoms with Crippen molar-refractivity contribution in [1.29, 1.82) is 0 Å². The van der Waals surface area contributed by atoms with Gasteiger partial charge in [0.2, 0.25) is 5.91 Å². The number of para-hydroxylation sites is 1. The SMILES string of the molecule is CC(C)=NN=C1SCC(=O)N1c1ccccc1. The van der Waals surface area contributed by atoms with E-state index in [1.807, 2.05) is 44.2 Å². The van der Waals surface area contributed by atoms with E-state index in [1.54, 1.807) is 4.90 Å². The Kier molecular flexibility index (Phi) is 3.58. The van der Waals surface area contributed by atoms with Crippen LogP contribution in [0.1, 0.15) is 13.8 Å². The van der Waals surface area contributed by atoms with Crippen LogP contribution in [0.15, 0.2) is 40.5 Å². The second-order valence-corrected chi connectivity index (χ2v) is 4.73. The third-order valence-corrected chi connectivity index (χ3v) is 3.03. The Balaban J connectivity index is 2.33. The first-order valence-corrected chi connectivity index (χ1v) is 6.26. The lowest BCUT2D eigenvalue weighted by Gasteiger charge is -2.14. The van der Waals surface area contributed by atoms with E-state index in [0.29, 0.717) is 10.9 Å². The minimum Gasteiger partial charge on any atom is -0.273 e. The van der Waals surface area contributed by atoms with Gasteiger partial charge in [0, 0.05) is 5.71 Å². The predicted molar refractivity (Wildman–Crippen MR) is 72.6 cm³/mol. The lowest BCUT2D eigenvalue weighted by atomic mass is 10.3. The van der Waals surface area contributed by atoms with Crippen LogP contribution in [0.3, 0.4) is 0 Å². The molecule has 1 saturated heterocycles. The van der Waals surface area contributed by atoms with E-state index >= 15 is 0 Å². The van der Waals surface area contributed by atoms with Crippen LogP contribution in [0, 0.1) is 0 Å². The second kappa shape index (κ2) is 5.14. The molecule has 88 valence electrons. The van der Waals surface area contributed by atoms with Gasteiger partial charge in [-0.3, -0.25) is 9.69 Å². The van der Waals surface area contributed by atoms with E-state index in [0.717, 1.165) is 11.4 Å². The van der Waals surface area contributed by atoms with Crippen LogP contribution in [-0.4, -0.2) is 22.5 Å². The van der Waals surface area contributed by atoms with Crippen molar-refractivity contribution in [1.82, 2.24) is 0 Å². The number of amidine groups is 1. The molecule has 4 nitrogen and oxygen atoms in total. The van der Waals surface area contributed by atoms with Crippen molar-refractivity contribution in [3.05, 3.63) is 30.3 Å². The van der Waals surface area contributed by atoms with E-state index in [-0.39, 0.29) is 5.91 Å². The summed E-state index contributed by atoms with van der Waals surface area (Å²) < 4.78 is 0. The number of nitrogens with zero attached hydrogens (tertiary/aromatic N) is 3. The molecule has 1 aromatic carbocycles. The Hall–Kier alpha value is -1.62. The number of benzene rings is 1. The number of carbonyl (C=O) groups excluding carboxylic acids is 1. The maximum atomic E-state index is 11.8. The number of carbonyl (C=O) groups is 1. The maximum Gasteiger partial charge on any atom is 0.243 e. The first kappa shape index (κ1) is 11.9. The number of rotatable bonds is 2. The van der Waals surface area contributed by atoms with Gasteiger partial charge in [-0.05, 0) is 26.0 Å². The van der Waals surface area contributed by atoms with E-state index in [1.165, 1.54) is 11.8 Å². The highest BCUT2D eigenvalue weighted by molar-refractivity contribution is 8.15. The topological polar surface area (TPSA) is 45.0 Å². The van der Waals surface area contributed by atoms with E-state index in [2.05, 4.69) is 10.2 Å². The Morgan fingerprint density at radius 2 is 2.00 bits per heavy atom. The van der Waals surface area contributed by atoms with Gasteiger partial charge in [-0.1, -0.05) is 30.0 Å². The lowest BCUT2D eigenvalue weighted by Crippen LogP contribution is -2.28. The van der Waals surface area contributed by atoms with Gasteiger partial charge in [0.05, 0.1) is 11.4 Å². The number of hydrogen-bond donors (Lipinski definition) is 0. The van der Waals surface area contributed by atoms with Crippen LogP contribution in [0.25, 0.3) is 0 Å². The fourth-order valence-corrected chi connectivity index (χ4v) is 2.23. The first-order chi connectivity index (χ1) is 8.18. The van der Waals surface area contributed by atoms with Gasteiger partial charge >= 0.3 is 0 Å². The third-order valence-electron chi connectivity index (χ3n) is 2.12. The van der Waals surface area contributed by atoms with Crippen LogP contribution < -0.4 is 4.90 Å². The molecule has 1 aromatic rings. The molecule has 0 bridgehead atoms. The Labute approximate surface area is 104 Å². The normalized spacial score (nSPS) is 17.6. The Bertz CT molecular complexity index is 478. The van der Waals surface area contributed by atoms with Crippen molar-refractivity contribution in [2.24, 2.45) is 10.2 Å². The Morgan fingerprint density at radius 3 is 2.65 bits per heavy atom. The van der Waals surface area contributed by atoms with Gasteiger partial charge in [-0.2, -0.15) is 5.10 Å². The summed E-state index contributed by atoms with van der Waals surface area (Å²) in [6.07, 6.45) is 0. The standard InChI is InChI=1S/C12H13N3OS/c1-9(2)13-14-12-15(11(16)8-17-12)10-6-4-3-5-7-10/h3-7H,8H2,1-2H3. The summed E-state index contributed by atoms with van der Waals surface area (Å²) in [5, 5.41) is 8.75. The molecule has 0 aromatic heterocycles. The van der Waals surface area contributed by atoms with Crippen molar-refractivity contribution in [2.45, 2.75) is 13.8 Å². The van der Waals surface area contributed by atoms with Crippen molar-refractivity contribution in [2.75, 3.05) is 10.7 Å². The molecule has 5 heteroatoms. The van der Waals surface area contributed by atoms with Gasteiger partial charge < -0.3 is 0 Å². The molecule has 17 heavy (non-hydrogen) atoms. The summed E-state index contributed by atoms with van der Waals surface area (Å²) in [4.78, 5) is 13.4. The second-order valence-electron chi connectivity index (χ2n) is 3.78. The molecule has 0 spiro atoms. The monoisotopic (exact) mass is 247 g/mol. The third kappa shape index (κ3) is 2.74. The molecule has 2 rings (SSSR count). The molecule has 0 N–H and O–H groups in total. The van der Waals surface area contributed by atoms with Gasteiger partial charge in [0.15, 0.2) is 5.17 Å². The fraction of sp³-hybridized carbons (Fsp3) is 0.250. The minimum atomic E-state index is 0.0453. The zero-order valence-electron chi connectivity index (χ0n) is 9.75. The summed E-state index contributed by atoms with van der Waals surface area (Å²) in [5.41, 5.74) is 1.70. The largest absolute Gasteiger partial charge is 0.273 e. The average Bonchev–Trinajstić information content (AvgIpc) is 2.69. The zero-order chi connectivity index (χ0) is 12.3. The van der Waals surface area contributed by atoms with Crippen molar-refractivity contribution in [3.63, 3.8) is 0 Å². The minimum absolute atomic E-state index is 0.0453.